The lowest BCUT2D eigenvalue weighted by molar-refractivity contribution is 0.0915. The van der Waals surface area contributed by atoms with Crippen LogP contribution >= 0.6 is 0 Å². The molecule has 2 aromatic rings. The second kappa shape index (κ2) is 6.30. The zero-order valence-corrected chi connectivity index (χ0v) is 15.6. The number of aromatic nitrogens is 1. The Hall–Kier alpha value is -2.30. The Bertz CT molecular complexity index is 717. The number of aryl methyl sites for hydroxylation is 1. The van der Waals surface area contributed by atoms with E-state index in [0.29, 0.717) is 11.8 Å². The van der Waals surface area contributed by atoms with E-state index in [9.17, 15) is 4.79 Å². The Kier molecular flexibility index (Phi) is 4.74. The highest BCUT2D eigenvalue weighted by molar-refractivity contribution is 5.97. The fourth-order valence-electron chi connectivity index (χ4n) is 2.12. The molecule has 1 amide bonds. The molecule has 0 atom stereocenters. The first-order chi connectivity index (χ1) is 10.9. The topological polar surface area (TPSA) is 67.2 Å². The second-order valence-corrected chi connectivity index (χ2v) is 8.14. The van der Waals surface area contributed by atoms with E-state index >= 15 is 0 Å². The van der Waals surface area contributed by atoms with Crippen molar-refractivity contribution < 1.29 is 9.21 Å². The van der Waals surface area contributed by atoms with Crippen LogP contribution in [0.2, 0.25) is 0 Å². The number of oxazole rings is 1. The molecule has 24 heavy (non-hydrogen) atoms. The summed E-state index contributed by atoms with van der Waals surface area (Å²) in [5, 5.41) is 6.16. The molecule has 0 spiro atoms. The molecule has 0 fully saturated rings. The molecule has 0 aliphatic heterocycles. The van der Waals surface area contributed by atoms with Crippen molar-refractivity contribution in [3.05, 3.63) is 35.5 Å². The van der Waals surface area contributed by atoms with Gasteiger partial charge in [-0.2, -0.15) is 0 Å². The zero-order valence-electron chi connectivity index (χ0n) is 15.6. The van der Waals surface area contributed by atoms with Gasteiger partial charge in [0, 0.05) is 16.6 Å². The highest BCUT2D eigenvalue weighted by Gasteiger charge is 2.26. The molecule has 1 aromatic heterocycles. The third-order valence-electron chi connectivity index (χ3n) is 3.12. The molecule has 0 radical (unpaired) electrons. The van der Waals surface area contributed by atoms with E-state index in [0.717, 1.165) is 11.1 Å². The molecule has 1 aromatic carbocycles. The Morgan fingerprint density at radius 2 is 1.58 bits per heavy atom. The lowest BCUT2D eigenvalue weighted by Gasteiger charge is -2.22. The number of carbonyl (C=O) groups is 1. The second-order valence-electron chi connectivity index (χ2n) is 8.14. The molecule has 5 nitrogen and oxygen atoms in total. The Morgan fingerprint density at radius 1 is 1.00 bits per heavy atom. The van der Waals surface area contributed by atoms with E-state index in [4.69, 9.17) is 4.42 Å². The Labute approximate surface area is 143 Å². The quantitative estimate of drug-likeness (QED) is 0.876. The smallest absolute Gasteiger partial charge is 0.275 e. The third kappa shape index (κ3) is 4.85. The summed E-state index contributed by atoms with van der Waals surface area (Å²) in [6.07, 6.45) is 0. The van der Waals surface area contributed by atoms with Crippen molar-refractivity contribution in [2.45, 2.75) is 59.5 Å². The number of carbonyl (C=O) groups excluding carboxylic acids is 1. The van der Waals surface area contributed by atoms with Gasteiger partial charge in [0.1, 0.15) is 0 Å². The number of nitrogens with one attached hydrogen (secondary N) is 2. The summed E-state index contributed by atoms with van der Waals surface area (Å²) in [5.74, 6) is 0.567. The first-order valence-corrected chi connectivity index (χ1v) is 8.13. The number of benzene rings is 1. The van der Waals surface area contributed by atoms with Gasteiger partial charge in [-0.25, -0.2) is 4.98 Å². The van der Waals surface area contributed by atoms with Crippen LogP contribution in [-0.4, -0.2) is 22.0 Å². The van der Waals surface area contributed by atoms with Crippen LogP contribution in [0.3, 0.4) is 0 Å². The molecule has 130 valence electrons. The fourth-order valence-corrected chi connectivity index (χ4v) is 2.12. The zero-order chi connectivity index (χ0) is 18.1. The van der Waals surface area contributed by atoms with E-state index in [2.05, 4.69) is 15.6 Å². The molecule has 0 aliphatic rings. The molecule has 2 N–H and O–H groups in total. The van der Waals surface area contributed by atoms with E-state index in [1.807, 2.05) is 72.7 Å². The molecule has 0 aliphatic carbocycles. The van der Waals surface area contributed by atoms with E-state index in [1.165, 1.54) is 0 Å². The van der Waals surface area contributed by atoms with Crippen LogP contribution in [0.4, 0.5) is 5.88 Å². The number of rotatable bonds is 3. The first kappa shape index (κ1) is 18.0. The SMILES string of the molecule is Cc1ccc(-c2nc(C(=O)NC(C)(C)C)c(NC(C)(C)C)o2)cc1. The van der Waals surface area contributed by atoms with Crippen molar-refractivity contribution in [3.8, 4) is 11.5 Å². The van der Waals surface area contributed by atoms with E-state index in [1.54, 1.807) is 0 Å². The molecular weight excluding hydrogens is 302 g/mol. The summed E-state index contributed by atoms with van der Waals surface area (Å²) >= 11 is 0. The molecule has 0 saturated heterocycles. The lowest BCUT2D eigenvalue weighted by Crippen LogP contribution is -2.41. The summed E-state index contributed by atoms with van der Waals surface area (Å²) in [7, 11) is 0. The Morgan fingerprint density at radius 3 is 2.08 bits per heavy atom. The number of anilines is 1. The minimum atomic E-state index is -0.348. The van der Waals surface area contributed by atoms with Gasteiger partial charge in [0.05, 0.1) is 0 Å². The van der Waals surface area contributed by atoms with Gasteiger partial charge in [-0.3, -0.25) is 4.79 Å². The molecule has 5 heteroatoms. The van der Waals surface area contributed by atoms with Gasteiger partial charge in [0.25, 0.3) is 5.91 Å². The van der Waals surface area contributed by atoms with Gasteiger partial charge in [-0.05, 0) is 60.6 Å². The molecule has 0 unspecified atom stereocenters. The average Bonchev–Trinajstić information content (AvgIpc) is 2.79. The van der Waals surface area contributed by atoms with Crippen molar-refractivity contribution >= 4 is 11.8 Å². The van der Waals surface area contributed by atoms with Crippen LogP contribution in [0.25, 0.3) is 11.5 Å². The first-order valence-electron chi connectivity index (χ1n) is 8.13. The molecule has 1 heterocycles. The minimum Gasteiger partial charge on any atom is -0.420 e. The van der Waals surface area contributed by atoms with Crippen molar-refractivity contribution in [1.82, 2.24) is 10.3 Å². The van der Waals surface area contributed by atoms with Crippen molar-refractivity contribution in [3.63, 3.8) is 0 Å². The summed E-state index contributed by atoms with van der Waals surface area (Å²) in [6, 6.07) is 7.86. The maximum Gasteiger partial charge on any atom is 0.275 e. The predicted octanol–water partition coefficient (Wildman–Crippen LogP) is 4.39. The predicted molar refractivity (Wildman–Crippen MR) is 97.3 cm³/mol. The standard InChI is InChI=1S/C19H27N3O2/c1-12-8-10-13(11-9-12)16-20-14(15(23)21-18(2,3)4)17(24-16)22-19(5,6)7/h8-11,22H,1-7H3,(H,21,23). The maximum atomic E-state index is 12.6. The Balaban J connectivity index is 2.43. The van der Waals surface area contributed by atoms with Gasteiger partial charge < -0.3 is 15.1 Å². The number of hydrogen-bond donors (Lipinski definition) is 2. The minimum absolute atomic E-state index is 0.249. The summed E-state index contributed by atoms with van der Waals surface area (Å²) < 4.78 is 5.87. The van der Waals surface area contributed by atoms with Gasteiger partial charge in [0.15, 0.2) is 5.69 Å². The summed E-state index contributed by atoms with van der Waals surface area (Å²) in [6.45, 7) is 13.8. The van der Waals surface area contributed by atoms with Crippen molar-refractivity contribution in [2.75, 3.05) is 5.32 Å². The number of hydrogen-bond acceptors (Lipinski definition) is 4. The lowest BCUT2D eigenvalue weighted by atomic mass is 10.1. The molecule has 2 rings (SSSR count). The third-order valence-corrected chi connectivity index (χ3v) is 3.12. The van der Waals surface area contributed by atoms with E-state index < -0.39 is 0 Å². The van der Waals surface area contributed by atoms with Crippen LogP contribution in [0, 0.1) is 6.92 Å². The van der Waals surface area contributed by atoms with Gasteiger partial charge in [-0.1, -0.05) is 17.7 Å². The van der Waals surface area contributed by atoms with E-state index in [-0.39, 0.29) is 22.7 Å². The summed E-state index contributed by atoms with van der Waals surface area (Å²) in [5.41, 5.74) is 1.67. The normalized spacial score (nSPS) is 12.1. The summed E-state index contributed by atoms with van der Waals surface area (Å²) in [4.78, 5) is 17.0. The monoisotopic (exact) mass is 329 g/mol. The fraction of sp³-hybridized carbons (Fsp3) is 0.474. The molecule has 0 saturated carbocycles. The molecular formula is C19H27N3O2. The van der Waals surface area contributed by atoms with Crippen LogP contribution < -0.4 is 10.6 Å². The largest absolute Gasteiger partial charge is 0.420 e. The van der Waals surface area contributed by atoms with Crippen LogP contribution in [-0.2, 0) is 0 Å². The number of amides is 1. The highest BCUT2D eigenvalue weighted by Crippen LogP contribution is 2.28. The van der Waals surface area contributed by atoms with Crippen molar-refractivity contribution in [1.29, 1.82) is 0 Å². The van der Waals surface area contributed by atoms with Crippen molar-refractivity contribution in [2.24, 2.45) is 0 Å². The van der Waals surface area contributed by atoms with Gasteiger partial charge >= 0.3 is 0 Å². The highest BCUT2D eigenvalue weighted by atomic mass is 16.4. The number of nitrogens with zero attached hydrogens (tertiary/aromatic N) is 1. The van der Waals surface area contributed by atoms with Gasteiger partial charge in [0.2, 0.25) is 11.8 Å². The van der Waals surface area contributed by atoms with Crippen LogP contribution in [0.1, 0.15) is 57.6 Å². The van der Waals surface area contributed by atoms with Gasteiger partial charge in [-0.15, -0.1) is 0 Å². The maximum absolute atomic E-state index is 12.6. The molecule has 0 bridgehead atoms. The van der Waals surface area contributed by atoms with Crippen LogP contribution in [0.15, 0.2) is 28.7 Å². The average molecular weight is 329 g/mol. The van der Waals surface area contributed by atoms with Crippen LogP contribution in [0.5, 0.6) is 0 Å².